The van der Waals surface area contributed by atoms with E-state index in [-0.39, 0.29) is 17.7 Å². The minimum absolute atomic E-state index is 0.0628. The van der Waals surface area contributed by atoms with Crippen molar-refractivity contribution in [3.05, 3.63) is 41.7 Å². The number of rotatable bonds is 7. The third kappa shape index (κ3) is 3.70. The van der Waals surface area contributed by atoms with Gasteiger partial charge < -0.3 is 14.3 Å². The summed E-state index contributed by atoms with van der Waals surface area (Å²) in [5.41, 5.74) is 0. The summed E-state index contributed by atoms with van der Waals surface area (Å²) in [6, 6.07) is 7.51. The van der Waals surface area contributed by atoms with E-state index in [4.69, 9.17) is 4.42 Å². The van der Waals surface area contributed by atoms with Crippen molar-refractivity contribution >= 4 is 29.0 Å². The molecule has 0 saturated carbocycles. The summed E-state index contributed by atoms with van der Waals surface area (Å²) in [5, 5.41) is 14.2. The van der Waals surface area contributed by atoms with Crippen LogP contribution in [0.15, 0.2) is 45.5 Å². The topological polar surface area (TPSA) is 73.0 Å². The lowest BCUT2D eigenvalue weighted by Crippen LogP contribution is -2.28. The van der Waals surface area contributed by atoms with E-state index in [1.54, 1.807) is 17.6 Å². The average Bonchev–Trinajstić information content (AvgIpc) is 3.33. The molecule has 6 nitrogen and oxygen atoms in total. The van der Waals surface area contributed by atoms with E-state index in [9.17, 15) is 4.79 Å². The highest BCUT2D eigenvalue weighted by molar-refractivity contribution is 7.99. The van der Waals surface area contributed by atoms with Crippen LogP contribution in [0.3, 0.4) is 0 Å². The zero-order valence-corrected chi connectivity index (χ0v) is 15.1. The molecule has 0 aliphatic heterocycles. The van der Waals surface area contributed by atoms with Gasteiger partial charge in [-0.1, -0.05) is 17.8 Å². The largest absolute Gasteiger partial charge is 0.467 e. The van der Waals surface area contributed by atoms with E-state index < -0.39 is 0 Å². The molecule has 0 unspecified atom stereocenters. The molecule has 0 aliphatic rings. The van der Waals surface area contributed by atoms with Crippen LogP contribution in [0.5, 0.6) is 0 Å². The van der Waals surface area contributed by atoms with E-state index in [1.165, 1.54) is 11.8 Å². The first-order valence-electron chi connectivity index (χ1n) is 7.61. The molecule has 126 valence electrons. The molecule has 8 heteroatoms. The number of hydrogen-bond acceptors (Lipinski definition) is 6. The van der Waals surface area contributed by atoms with Crippen molar-refractivity contribution in [2.24, 2.45) is 0 Å². The Morgan fingerprint density at radius 3 is 2.96 bits per heavy atom. The Balaban J connectivity index is 1.61. The van der Waals surface area contributed by atoms with E-state index in [0.717, 1.165) is 28.2 Å². The fourth-order valence-electron chi connectivity index (χ4n) is 2.29. The van der Waals surface area contributed by atoms with Crippen molar-refractivity contribution in [3.8, 4) is 10.7 Å². The van der Waals surface area contributed by atoms with Crippen LogP contribution in [-0.2, 0) is 11.3 Å². The fraction of sp³-hybridized carbons (Fsp3) is 0.312. The highest BCUT2D eigenvalue weighted by Gasteiger charge is 2.16. The molecule has 0 bridgehead atoms. The summed E-state index contributed by atoms with van der Waals surface area (Å²) in [6.07, 6.45) is 1.60. The van der Waals surface area contributed by atoms with E-state index in [0.29, 0.717) is 0 Å². The number of amides is 1. The van der Waals surface area contributed by atoms with Gasteiger partial charge in [-0.2, -0.15) is 0 Å². The molecule has 0 saturated heterocycles. The van der Waals surface area contributed by atoms with Gasteiger partial charge in [-0.25, -0.2) is 0 Å². The maximum absolute atomic E-state index is 12.1. The van der Waals surface area contributed by atoms with Crippen LogP contribution < -0.4 is 5.32 Å². The van der Waals surface area contributed by atoms with Gasteiger partial charge in [0.25, 0.3) is 0 Å². The van der Waals surface area contributed by atoms with Crippen LogP contribution in [0, 0.1) is 0 Å². The second-order valence-corrected chi connectivity index (χ2v) is 7.01. The molecular weight excluding hydrogens is 344 g/mol. The van der Waals surface area contributed by atoms with E-state index in [2.05, 4.69) is 15.5 Å². The molecule has 3 aromatic rings. The molecule has 1 atom stereocenters. The molecule has 0 aliphatic carbocycles. The Labute approximate surface area is 148 Å². The van der Waals surface area contributed by atoms with Crippen molar-refractivity contribution in [1.82, 2.24) is 20.1 Å². The molecule has 0 fully saturated rings. The smallest absolute Gasteiger partial charge is 0.231 e. The highest BCUT2D eigenvalue weighted by Crippen LogP contribution is 2.27. The third-order valence-electron chi connectivity index (χ3n) is 3.45. The van der Waals surface area contributed by atoms with Gasteiger partial charge in [0, 0.05) is 6.54 Å². The van der Waals surface area contributed by atoms with Crippen LogP contribution in [0.2, 0.25) is 0 Å². The third-order valence-corrected chi connectivity index (χ3v) is 5.29. The zero-order valence-electron chi connectivity index (χ0n) is 13.4. The van der Waals surface area contributed by atoms with Gasteiger partial charge in [0.1, 0.15) is 5.76 Å². The fourth-order valence-corrected chi connectivity index (χ4v) is 3.82. The first-order valence-corrected chi connectivity index (χ1v) is 9.48. The van der Waals surface area contributed by atoms with Gasteiger partial charge in [0.15, 0.2) is 11.0 Å². The Kier molecular flexibility index (Phi) is 5.37. The van der Waals surface area contributed by atoms with Crippen LogP contribution in [-0.4, -0.2) is 26.4 Å². The molecule has 3 rings (SSSR count). The second-order valence-electron chi connectivity index (χ2n) is 5.12. The standard InChI is InChI=1S/C16H18N4O2S2/c1-3-20-15(13-7-5-9-23-13)18-19-16(20)24-10-14(21)17-11(2)12-6-4-8-22-12/h4-9,11H,3,10H2,1-2H3,(H,17,21)/t11-/m0/s1. The Morgan fingerprint density at radius 2 is 2.29 bits per heavy atom. The van der Waals surface area contributed by atoms with Gasteiger partial charge in [0.05, 0.1) is 22.9 Å². The quantitative estimate of drug-likeness (QED) is 0.650. The van der Waals surface area contributed by atoms with Gasteiger partial charge in [-0.15, -0.1) is 21.5 Å². The zero-order chi connectivity index (χ0) is 16.9. The predicted molar refractivity (Wildman–Crippen MR) is 95.0 cm³/mol. The molecule has 0 spiro atoms. The number of carbonyl (C=O) groups is 1. The molecular formula is C16H18N4O2S2. The summed E-state index contributed by atoms with van der Waals surface area (Å²) >= 11 is 3.02. The number of nitrogens with one attached hydrogen (secondary N) is 1. The number of furan rings is 1. The summed E-state index contributed by atoms with van der Waals surface area (Å²) in [7, 11) is 0. The highest BCUT2D eigenvalue weighted by atomic mass is 32.2. The maximum atomic E-state index is 12.1. The monoisotopic (exact) mass is 362 g/mol. The maximum Gasteiger partial charge on any atom is 0.231 e. The molecule has 24 heavy (non-hydrogen) atoms. The summed E-state index contributed by atoms with van der Waals surface area (Å²) in [4.78, 5) is 13.2. The van der Waals surface area contributed by atoms with Crippen LogP contribution in [0.25, 0.3) is 10.7 Å². The lowest BCUT2D eigenvalue weighted by molar-refractivity contribution is -0.119. The number of thioether (sulfide) groups is 1. The second kappa shape index (κ2) is 7.67. The van der Waals surface area contributed by atoms with Crippen molar-refractivity contribution in [2.45, 2.75) is 31.6 Å². The summed E-state index contributed by atoms with van der Waals surface area (Å²) in [5.74, 6) is 1.81. The number of hydrogen-bond donors (Lipinski definition) is 1. The molecule has 3 aromatic heterocycles. The summed E-state index contributed by atoms with van der Waals surface area (Å²) in [6.45, 7) is 4.70. The number of thiophene rings is 1. The minimum Gasteiger partial charge on any atom is -0.467 e. The Morgan fingerprint density at radius 1 is 1.42 bits per heavy atom. The normalized spacial score (nSPS) is 12.2. The van der Waals surface area contributed by atoms with Crippen molar-refractivity contribution in [2.75, 3.05) is 5.75 Å². The lowest BCUT2D eigenvalue weighted by Gasteiger charge is -2.11. The van der Waals surface area contributed by atoms with E-state index >= 15 is 0 Å². The first kappa shape index (κ1) is 16.8. The van der Waals surface area contributed by atoms with Crippen LogP contribution in [0.4, 0.5) is 0 Å². The number of nitrogens with zero attached hydrogens (tertiary/aromatic N) is 3. The van der Waals surface area contributed by atoms with E-state index in [1.807, 2.05) is 48.1 Å². The Hall–Kier alpha value is -2.06. The number of aromatic nitrogens is 3. The predicted octanol–water partition coefficient (Wildman–Crippen LogP) is 3.59. The SMILES string of the molecule is CCn1c(SCC(=O)N[C@@H](C)c2ccco2)nnc1-c1cccs1. The first-order chi connectivity index (χ1) is 11.7. The van der Waals surface area contributed by atoms with Crippen molar-refractivity contribution in [3.63, 3.8) is 0 Å². The van der Waals surface area contributed by atoms with Crippen molar-refractivity contribution < 1.29 is 9.21 Å². The Bertz CT molecular complexity index is 781. The molecule has 3 heterocycles. The van der Waals surface area contributed by atoms with Gasteiger partial charge in [-0.05, 0) is 37.4 Å². The molecule has 0 radical (unpaired) electrons. The molecule has 1 N–H and O–H groups in total. The van der Waals surface area contributed by atoms with Crippen LogP contribution in [0.1, 0.15) is 25.6 Å². The minimum atomic E-state index is -0.154. The van der Waals surface area contributed by atoms with Gasteiger partial charge >= 0.3 is 0 Å². The van der Waals surface area contributed by atoms with Gasteiger partial charge in [-0.3, -0.25) is 4.79 Å². The average molecular weight is 362 g/mol. The van der Waals surface area contributed by atoms with Crippen molar-refractivity contribution in [1.29, 1.82) is 0 Å². The van der Waals surface area contributed by atoms with Crippen LogP contribution >= 0.6 is 23.1 Å². The molecule has 1 amide bonds. The summed E-state index contributed by atoms with van der Waals surface area (Å²) < 4.78 is 7.32. The number of carbonyl (C=O) groups excluding carboxylic acids is 1. The lowest BCUT2D eigenvalue weighted by atomic mass is 10.2. The molecule has 0 aromatic carbocycles. The van der Waals surface area contributed by atoms with Gasteiger partial charge in [0.2, 0.25) is 5.91 Å².